The zero-order valence-electron chi connectivity index (χ0n) is 16.0. The lowest BCUT2D eigenvalue weighted by molar-refractivity contribution is 0.0923. The van der Waals surface area contributed by atoms with Crippen LogP contribution < -0.4 is 0 Å². The molecule has 1 aromatic heterocycles. The zero-order chi connectivity index (χ0) is 19.4. The second-order valence-corrected chi connectivity index (χ2v) is 6.84. The minimum Gasteiger partial charge on any atom is -0.508 e. The lowest BCUT2D eigenvalue weighted by Crippen LogP contribution is -2.15. The van der Waals surface area contributed by atoms with E-state index in [1.165, 1.54) is 0 Å². The normalized spacial score (nSPS) is 12.1. The number of aromatic nitrogens is 1. The van der Waals surface area contributed by atoms with Crippen molar-refractivity contribution in [1.82, 2.24) is 4.57 Å². The van der Waals surface area contributed by atoms with Crippen LogP contribution in [0.2, 0.25) is 0 Å². The summed E-state index contributed by atoms with van der Waals surface area (Å²) in [6, 6.07) is 18.5. The number of phenols is 1. The van der Waals surface area contributed by atoms with E-state index in [1.807, 2.05) is 62.4 Å². The Morgan fingerprint density at radius 1 is 1.07 bits per heavy atom. The number of hydrogen-bond donors (Lipinski definition) is 1. The van der Waals surface area contributed by atoms with Gasteiger partial charge in [0, 0.05) is 28.1 Å². The Hall–Kier alpha value is -2.85. The average molecular weight is 363 g/mol. The molecule has 1 heterocycles. The maximum absolute atomic E-state index is 12.8. The van der Waals surface area contributed by atoms with Crippen LogP contribution in [0.15, 0.2) is 60.7 Å². The van der Waals surface area contributed by atoms with Crippen LogP contribution in [-0.2, 0) is 11.3 Å². The molecule has 0 aliphatic heterocycles. The van der Waals surface area contributed by atoms with Crippen molar-refractivity contribution in [1.29, 1.82) is 0 Å². The molecule has 3 rings (SSSR count). The van der Waals surface area contributed by atoms with E-state index in [2.05, 4.69) is 11.5 Å². The fourth-order valence-corrected chi connectivity index (χ4v) is 3.48. The predicted octanol–water partition coefficient (Wildman–Crippen LogP) is 4.82. The number of para-hydroxylation sites is 1. The Morgan fingerprint density at radius 2 is 1.74 bits per heavy atom. The van der Waals surface area contributed by atoms with Gasteiger partial charge in [-0.15, -0.1) is 0 Å². The lowest BCUT2D eigenvalue weighted by atomic mass is 10.0. The van der Waals surface area contributed by atoms with E-state index in [1.54, 1.807) is 12.1 Å². The van der Waals surface area contributed by atoms with Crippen molar-refractivity contribution in [2.24, 2.45) is 0 Å². The van der Waals surface area contributed by atoms with Crippen LogP contribution in [0.5, 0.6) is 5.75 Å². The fourth-order valence-electron chi connectivity index (χ4n) is 3.48. The highest BCUT2D eigenvalue weighted by atomic mass is 16.5. The van der Waals surface area contributed by atoms with Crippen LogP contribution in [0.25, 0.3) is 0 Å². The molecule has 1 N–H and O–H groups in total. The molecule has 0 aliphatic rings. The highest BCUT2D eigenvalue weighted by molar-refractivity contribution is 6.09. The van der Waals surface area contributed by atoms with E-state index in [4.69, 9.17) is 4.74 Å². The maximum Gasteiger partial charge on any atom is 0.194 e. The Balaban J connectivity index is 1.72. The average Bonchev–Trinajstić information content (AvgIpc) is 2.97. The first-order chi connectivity index (χ1) is 13.0. The Morgan fingerprint density at radius 3 is 2.44 bits per heavy atom. The topological polar surface area (TPSA) is 51.5 Å². The van der Waals surface area contributed by atoms with Gasteiger partial charge in [0.2, 0.25) is 0 Å². The molecular formula is C23H25NO3. The first-order valence-electron chi connectivity index (χ1n) is 9.12. The van der Waals surface area contributed by atoms with Crippen molar-refractivity contribution >= 4 is 5.78 Å². The maximum atomic E-state index is 12.8. The van der Waals surface area contributed by atoms with Crippen LogP contribution in [0.3, 0.4) is 0 Å². The summed E-state index contributed by atoms with van der Waals surface area (Å²) in [5, 5.41) is 9.83. The minimum absolute atomic E-state index is 0.0391. The van der Waals surface area contributed by atoms with Gasteiger partial charge in [0.25, 0.3) is 0 Å². The van der Waals surface area contributed by atoms with Gasteiger partial charge in [-0.3, -0.25) is 4.79 Å². The summed E-state index contributed by atoms with van der Waals surface area (Å²) in [6.07, 6.45) is 0. The number of aryl methyl sites for hydroxylation is 1. The van der Waals surface area contributed by atoms with Crippen molar-refractivity contribution in [3.05, 3.63) is 88.7 Å². The summed E-state index contributed by atoms with van der Waals surface area (Å²) in [5.41, 5.74) is 4.17. The molecule has 1 unspecified atom stereocenters. The molecule has 0 amide bonds. The number of ketones is 1. The van der Waals surface area contributed by atoms with E-state index < -0.39 is 0 Å². The number of nitrogens with zero attached hydrogens (tertiary/aromatic N) is 1. The molecule has 0 saturated heterocycles. The van der Waals surface area contributed by atoms with Gasteiger partial charge in [-0.25, -0.2) is 0 Å². The predicted molar refractivity (Wildman–Crippen MR) is 106 cm³/mol. The van der Waals surface area contributed by atoms with Crippen LogP contribution in [-0.4, -0.2) is 22.1 Å². The van der Waals surface area contributed by atoms with Crippen LogP contribution >= 0.6 is 0 Å². The largest absolute Gasteiger partial charge is 0.508 e. The molecule has 0 fully saturated rings. The van der Waals surface area contributed by atoms with Gasteiger partial charge < -0.3 is 14.4 Å². The standard InChI is InChI=1S/C23H25NO3/c1-16-13-21(23(26)19-9-5-4-6-10-19)18(3)24(16)17(2)14-27-15-20-11-7-8-12-22(20)25/h4-13,17,25H,14-15H2,1-3H3. The third-order valence-corrected chi connectivity index (χ3v) is 4.81. The molecule has 4 heteroatoms. The molecule has 0 radical (unpaired) electrons. The van der Waals surface area contributed by atoms with Crippen LogP contribution in [0.1, 0.15) is 45.8 Å². The quantitative estimate of drug-likeness (QED) is 0.612. The third-order valence-electron chi connectivity index (χ3n) is 4.81. The summed E-state index contributed by atoms with van der Waals surface area (Å²) in [4.78, 5) is 12.8. The third kappa shape index (κ3) is 4.12. The SMILES string of the molecule is Cc1cc(C(=O)c2ccccc2)c(C)n1C(C)COCc1ccccc1O. The van der Waals surface area contributed by atoms with Crippen molar-refractivity contribution < 1.29 is 14.6 Å². The van der Waals surface area contributed by atoms with Gasteiger partial charge in [0.05, 0.1) is 19.3 Å². The van der Waals surface area contributed by atoms with Gasteiger partial charge >= 0.3 is 0 Å². The molecule has 27 heavy (non-hydrogen) atoms. The molecular weight excluding hydrogens is 338 g/mol. The lowest BCUT2D eigenvalue weighted by Gasteiger charge is -2.19. The first kappa shape index (κ1) is 18.9. The number of carbonyl (C=O) groups excluding carboxylic acids is 1. The fraction of sp³-hybridized carbons (Fsp3) is 0.261. The van der Waals surface area contributed by atoms with Crippen LogP contribution in [0.4, 0.5) is 0 Å². The van der Waals surface area contributed by atoms with Crippen LogP contribution in [0, 0.1) is 13.8 Å². The zero-order valence-corrected chi connectivity index (χ0v) is 16.0. The summed E-state index contributed by atoms with van der Waals surface area (Å²) in [7, 11) is 0. The molecule has 4 nitrogen and oxygen atoms in total. The van der Waals surface area contributed by atoms with E-state index in [0.29, 0.717) is 18.8 Å². The number of aromatic hydroxyl groups is 1. The van der Waals surface area contributed by atoms with E-state index in [-0.39, 0.29) is 17.6 Å². The van der Waals surface area contributed by atoms with Gasteiger partial charge in [0.15, 0.2) is 5.78 Å². The minimum atomic E-state index is 0.0391. The van der Waals surface area contributed by atoms with E-state index in [9.17, 15) is 9.90 Å². The van der Waals surface area contributed by atoms with Crippen molar-refractivity contribution in [3.8, 4) is 5.75 Å². The highest BCUT2D eigenvalue weighted by Crippen LogP contribution is 2.24. The number of rotatable bonds is 7. The Bertz CT molecular complexity index is 928. The molecule has 2 aromatic carbocycles. The molecule has 1 atom stereocenters. The molecule has 0 spiro atoms. The molecule has 140 valence electrons. The molecule has 0 saturated carbocycles. The van der Waals surface area contributed by atoms with Crippen molar-refractivity contribution in [3.63, 3.8) is 0 Å². The van der Waals surface area contributed by atoms with Crippen molar-refractivity contribution in [2.45, 2.75) is 33.4 Å². The Labute approximate surface area is 160 Å². The summed E-state index contributed by atoms with van der Waals surface area (Å²) in [6.45, 7) is 6.90. The number of carbonyl (C=O) groups is 1. The van der Waals surface area contributed by atoms with Gasteiger partial charge in [-0.1, -0.05) is 48.5 Å². The summed E-state index contributed by atoms with van der Waals surface area (Å²) >= 11 is 0. The van der Waals surface area contributed by atoms with Gasteiger partial charge in [0.1, 0.15) is 5.75 Å². The van der Waals surface area contributed by atoms with Gasteiger partial charge in [-0.05, 0) is 32.9 Å². The number of ether oxygens (including phenoxy) is 1. The second kappa shape index (κ2) is 8.23. The monoisotopic (exact) mass is 363 g/mol. The molecule has 3 aromatic rings. The molecule has 0 aliphatic carbocycles. The molecule has 0 bridgehead atoms. The number of benzene rings is 2. The van der Waals surface area contributed by atoms with Crippen molar-refractivity contribution in [2.75, 3.05) is 6.61 Å². The smallest absolute Gasteiger partial charge is 0.194 e. The summed E-state index contributed by atoms with van der Waals surface area (Å²) < 4.78 is 7.96. The Kier molecular flexibility index (Phi) is 5.77. The number of hydrogen-bond acceptors (Lipinski definition) is 3. The second-order valence-electron chi connectivity index (χ2n) is 6.84. The summed E-state index contributed by atoms with van der Waals surface area (Å²) in [5.74, 6) is 0.284. The van der Waals surface area contributed by atoms with E-state index >= 15 is 0 Å². The first-order valence-corrected chi connectivity index (χ1v) is 9.12. The van der Waals surface area contributed by atoms with Gasteiger partial charge in [-0.2, -0.15) is 0 Å². The van der Waals surface area contributed by atoms with E-state index in [0.717, 1.165) is 22.5 Å². The number of phenolic OH excluding ortho intramolecular Hbond substituents is 1. The highest BCUT2D eigenvalue weighted by Gasteiger charge is 2.20.